The van der Waals surface area contributed by atoms with E-state index in [1.807, 2.05) is 0 Å². The summed E-state index contributed by atoms with van der Waals surface area (Å²) in [5.74, 6) is 2.52. The Morgan fingerprint density at radius 2 is 2.24 bits per heavy atom. The van der Waals surface area contributed by atoms with Gasteiger partial charge in [-0.2, -0.15) is 0 Å². The molecule has 0 saturated carbocycles. The van der Waals surface area contributed by atoms with Crippen LogP contribution in [0.2, 0.25) is 0 Å². The first-order chi connectivity index (χ1) is 8.25. The monoisotopic (exact) mass is 231 g/mol. The average Bonchev–Trinajstić information content (AvgIpc) is 2.90. The molecule has 0 aliphatic carbocycles. The number of nitrogens with zero attached hydrogens (tertiary/aromatic N) is 2. The quantitative estimate of drug-likeness (QED) is 0.844. The first-order valence-corrected chi connectivity index (χ1v) is 6.70. The van der Waals surface area contributed by atoms with Crippen molar-refractivity contribution in [2.75, 3.05) is 24.5 Å². The van der Waals surface area contributed by atoms with Crippen LogP contribution in [0.3, 0.4) is 0 Å². The number of nitrogens with one attached hydrogen (secondary N) is 1. The maximum absolute atomic E-state index is 4.81. The van der Waals surface area contributed by atoms with Gasteiger partial charge in [0.05, 0.1) is 0 Å². The molecule has 0 bridgehead atoms. The van der Waals surface area contributed by atoms with E-state index in [0.29, 0.717) is 12.0 Å². The van der Waals surface area contributed by atoms with E-state index in [0.717, 1.165) is 12.5 Å². The maximum atomic E-state index is 4.81. The largest absolute Gasteiger partial charge is 0.352 e. The molecule has 3 nitrogen and oxygen atoms in total. The van der Waals surface area contributed by atoms with Gasteiger partial charge < -0.3 is 10.2 Å². The summed E-state index contributed by atoms with van der Waals surface area (Å²) in [7, 11) is 0. The Balaban J connectivity index is 1.86. The first-order valence-electron chi connectivity index (χ1n) is 6.70. The highest BCUT2D eigenvalue weighted by atomic mass is 15.3. The smallest absolute Gasteiger partial charge is 0.129 e. The Bertz CT molecular complexity index is 402. The molecule has 0 amide bonds. The van der Waals surface area contributed by atoms with Gasteiger partial charge in [0.25, 0.3) is 0 Å². The molecule has 1 aromatic rings. The molecule has 0 spiro atoms. The van der Waals surface area contributed by atoms with Crippen LogP contribution in [0.15, 0.2) is 18.2 Å². The minimum atomic E-state index is 0.509. The van der Waals surface area contributed by atoms with Crippen LogP contribution in [0.25, 0.3) is 0 Å². The van der Waals surface area contributed by atoms with Crippen LogP contribution in [0, 0.1) is 5.92 Å². The van der Waals surface area contributed by atoms with Gasteiger partial charge in [-0.15, -0.1) is 0 Å². The van der Waals surface area contributed by atoms with Gasteiger partial charge in [-0.3, -0.25) is 0 Å². The molecule has 1 unspecified atom stereocenters. The molecule has 1 N–H and O–H groups in total. The molecular formula is C14H21N3. The summed E-state index contributed by atoms with van der Waals surface area (Å²) in [6, 6.07) is 7.11. The van der Waals surface area contributed by atoms with Gasteiger partial charge in [0, 0.05) is 31.4 Å². The van der Waals surface area contributed by atoms with Gasteiger partial charge >= 0.3 is 0 Å². The Labute approximate surface area is 103 Å². The van der Waals surface area contributed by atoms with Crippen LogP contribution in [0.5, 0.6) is 0 Å². The summed E-state index contributed by atoms with van der Waals surface area (Å²) in [5.41, 5.74) is 1.21. The normalized spacial score (nSPS) is 27.8. The van der Waals surface area contributed by atoms with Crippen molar-refractivity contribution < 1.29 is 0 Å². The lowest BCUT2D eigenvalue weighted by molar-refractivity contribution is 0.577. The molecular weight excluding hydrogens is 210 g/mol. The molecule has 0 radical (unpaired) electrons. The minimum absolute atomic E-state index is 0.509. The predicted octanol–water partition coefficient (Wildman–Crippen LogP) is 2.00. The van der Waals surface area contributed by atoms with E-state index in [1.54, 1.807) is 0 Å². The topological polar surface area (TPSA) is 28.2 Å². The van der Waals surface area contributed by atoms with Crippen LogP contribution < -0.4 is 10.2 Å². The SMILES string of the molecule is CC(C)c1cccc(N2CC[C@@H]3CNCC32)n1. The lowest BCUT2D eigenvalue weighted by Gasteiger charge is -2.25. The molecule has 2 aliphatic heterocycles. The highest BCUT2D eigenvalue weighted by molar-refractivity contribution is 5.43. The summed E-state index contributed by atoms with van der Waals surface area (Å²) in [4.78, 5) is 7.31. The van der Waals surface area contributed by atoms with Gasteiger partial charge in [-0.25, -0.2) is 4.98 Å². The minimum Gasteiger partial charge on any atom is -0.352 e. The molecule has 2 saturated heterocycles. The standard InChI is InChI=1S/C14H21N3/c1-10(2)12-4-3-5-14(16-12)17-7-6-11-8-15-9-13(11)17/h3-5,10-11,13,15H,6-9H2,1-2H3/t11-,13?/m1/s1. The van der Waals surface area contributed by atoms with E-state index in [2.05, 4.69) is 42.3 Å². The van der Waals surface area contributed by atoms with Crippen LogP contribution in [0.1, 0.15) is 31.9 Å². The lowest BCUT2D eigenvalue weighted by Crippen LogP contribution is -2.34. The van der Waals surface area contributed by atoms with E-state index in [4.69, 9.17) is 4.98 Å². The van der Waals surface area contributed by atoms with Crippen LogP contribution >= 0.6 is 0 Å². The molecule has 17 heavy (non-hydrogen) atoms. The van der Waals surface area contributed by atoms with E-state index in [-0.39, 0.29) is 0 Å². The number of aromatic nitrogens is 1. The summed E-state index contributed by atoms with van der Waals surface area (Å²) in [5, 5.41) is 3.49. The summed E-state index contributed by atoms with van der Waals surface area (Å²) < 4.78 is 0. The van der Waals surface area contributed by atoms with Gasteiger partial charge in [-0.05, 0) is 30.4 Å². The van der Waals surface area contributed by atoms with E-state index >= 15 is 0 Å². The van der Waals surface area contributed by atoms with Crippen molar-refractivity contribution in [3.05, 3.63) is 23.9 Å². The Morgan fingerprint density at radius 1 is 1.35 bits per heavy atom. The van der Waals surface area contributed by atoms with Gasteiger partial charge in [0.2, 0.25) is 0 Å². The highest BCUT2D eigenvalue weighted by Crippen LogP contribution is 2.31. The number of hydrogen-bond acceptors (Lipinski definition) is 3. The fourth-order valence-electron chi connectivity index (χ4n) is 3.05. The van der Waals surface area contributed by atoms with Gasteiger partial charge in [0.1, 0.15) is 5.82 Å². The third-order valence-electron chi connectivity index (χ3n) is 4.09. The fraction of sp³-hybridized carbons (Fsp3) is 0.643. The molecule has 2 aliphatic rings. The van der Waals surface area contributed by atoms with E-state index < -0.39 is 0 Å². The lowest BCUT2D eigenvalue weighted by atomic mass is 10.1. The van der Waals surface area contributed by atoms with Crippen molar-refractivity contribution in [2.24, 2.45) is 5.92 Å². The highest BCUT2D eigenvalue weighted by Gasteiger charge is 2.37. The summed E-state index contributed by atoms with van der Waals surface area (Å²) in [6.07, 6.45) is 1.31. The molecule has 1 aromatic heterocycles. The first kappa shape index (κ1) is 11.0. The summed E-state index contributed by atoms with van der Waals surface area (Å²) in [6.45, 7) is 7.89. The predicted molar refractivity (Wildman–Crippen MR) is 70.4 cm³/mol. The Hall–Kier alpha value is -1.09. The van der Waals surface area contributed by atoms with Crippen molar-refractivity contribution in [1.29, 1.82) is 0 Å². The van der Waals surface area contributed by atoms with Crippen LogP contribution in [-0.4, -0.2) is 30.7 Å². The second-order valence-corrected chi connectivity index (χ2v) is 5.54. The third kappa shape index (κ3) is 1.93. The number of rotatable bonds is 2. The number of anilines is 1. The molecule has 2 fully saturated rings. The molecule has 3 heteroatoms. The van der Waals surface area contributed by atoms with E-state index in [9.17, 15) is 0 Å². The number of hydrogen-bond donors (Lipinski definition) is 1. The molecule has 3 heterocycles. The maximum Gasteiger partial charge on any atom is 0.129 e. The molecule has 92 valence electrons. The number of fused-ring (bicyclic) bond motifs is 1. The molecule has 0 aromatic carbocycles. The zero-order valence-corrected chi connectivity index (χ0v) is 10.7. The van der Waals surface area contributed by atoms with Crippen LogP contribution in [0.4, 0.5) is 5.82 Å². The second kappa shape index (κ2) is 4.30. The molecule has 2 atom stereocenters. The van der Waals surface area contributed by atoms with Crippen molar-refractivity contribution in [2.45, 2.75) is 32.2 Å². The van der Waals surface area contributed by atoms with Crippen LogP contribution in [-0.2, 0) is 0 Å². The second-order valence-electron chi connectivity index (χ2n) is 5.54. The van der Waals surface area contributed by atoms with Crippen molar-refractivity contribution >= 4 is 5.82 Å². The number of pyridine rings is 1. The van der Waals surface area contributed by atoms with Gasteiger partial charge in [-0.1, -0.05) is 19.9 Å². The van der Waals surface area contributed by atoms with Crippen molar-refractivity contribution in [3.63, 3.8) is 0 Å². The average molecular weight is 231 g/mol. The Morgan fingerprint density at radius 3 is 3.06 bits per heavy atom. The third-order valence-corrected chi connectivity index (χ3v) is 4.09. The summed E-state index contributed by atoms with van der Waals surface area (Å²) >= 11 is 0. The van der Waals surface area contributed by atoms with Crippen molar-refractivity contribution in [3.8, 4) is 0 Å². The van der Waals surface area contributed by atoms with Crippen molar-refractivity contribution in [1.82, 2.24) is 10.3 Å². The fourth-order valence-corrected chi connectivity index (χ4v) is 3.05. The zero-order chi connectivity index (χ0) is 11.8. The van der Waals surface area contributed by atoms with Gasteiger partial charge in [0.15, 0.2) is 0 Å². The Kier molecular flexibility index (Phi) is 2.79. The zero-order valence-electron chi connectivity index (χ0n) is 10.7. The molecule has 3 rings (SSSR count). The van der Waals surface area contributed by atoms with E-state index in [1.165, 1.54) is 31.0 Å².